The van der Waals surface area contributed by atoms with Gasteiger partial charge < -0.3 is 0 Å². The molecule has 0 radical (unpaired) electrons. The number of anilines is 1. The summed E-state index contributed by atoms with van der Waals surface area (Å²) in [6.45, 7) is 0. The van der Waals surface area contributed by atoms with Gasteiger partial charge >= 0.3 is 6.18 Å². The Bertz CT molecular complexity index is 847. The van der Waals surface area contributed by atoms with Crippen molar-refractivity contribution >= 4 is 45.5 Å². The molecule has 0 saturated carbocycles. The van der Waals surface area contributed by atoms with E-state index in [2.05, 4.69) is 20.5 Å². The zero-order chi connectivity index (χ0) is 17.9. The van der Waals surface area contributed by atoms with Crippen LogP contribution in [0.4, 0.5) is 18.3 Å². The second kappa shape index (κ2) is 7.50. The van der Waals surface area contributed by atoms with E-state index in [1.165, 1.54) is 28.0 Å². The summed E-state index contributed by atoms with van der Waals surface area (Å²) in [5.74, 6) is 0.162. The van der Waals surface area contributed by atoms with Crippen LogP contribution in [0.15, 0.2) is 40.2 Å². The number of amides is 1. The van der Waals surface area contributed by atoms with Crippen LogP contribution in [0.3, 0.4) is 0 Å². The molecule has 0 unspecified atom stereocenters. The van der Waals surface area contributed by atoms with E-state index in [0.29, 0.717) is 4.34 Å². The van der Waals surface area contributed by atoms with Crippen LogP contribution in [0.5, 0.6) is 0 Å². The quantitative estimate of drug-likeness (QED) is 0.501. The average Bonchev–Trinajstić information content (AvgIpc) is 3.24. The first-order valence-corrected chi connectivity index (χ1v) is 9.43. The number of nitrogens with zero attached hydrogens (tertiary/aromatic N) is 3. The molecule has 0 aliphatic heterocycles. The lowest BCUT2D eigenvalue weighted by molar-refractivity contribution is -0.141. The van der Waals surface area contributed by atoms with Gasteiger partial charge in [-0.2, -0.15) is 13.2 Å². The summed E-state index contributed by atoms with van der Waals surface area (Å²) in [5.41, 5.74) is -1.04. The topological polar surface area (TPSA) is 67.8 Å². The number of carbonyl (C=O) groups excluding carboxylic acids is 1. The Hall–Kier alpha value is -1.98. The van der Waals surface area contributed by atoms with Gasteiger partial charge in [-0.15, -0.1) is 21.5 Å². The zero-order valence-electron chi connectivity index (χ0n) is 12.3. The molecule has 1 N–H and O–H groups in total. The van der Waals surface area contributed by atoms with E-state index in [-0.39, 0.29) is 10.7 Å². The van der Waals surface area contributed by atoms with Gasteiger partial charge in [0.15, 0.2) is 4.34 Å². The van der Waals surface area contributed by atoms with Gasteiger partial charge in [0, 0.05) is 16.8 Å². The largest absolute Gasteiger partial charge is 0.433 e. The fraction of sp³-hybridized carbons (Fsp3) is 0.143. The van der Waals surface area contributed by atoms with Crippen molar-refractivity contribution < 1.29 is 18.0 Å². The fourth-order valence-corrected chi connectivity index (χ4v) is 4.23. The third kappa shape index (κ3) is 4.77. The molecule has 3 rings (SSSR count). The summed E-state index contributed by atoms with van der Waals surface area (Å²) in [4.78, 5) is 16.5. The standard InChI is InChI=1S/C14H9F3N4OS3/c15-14(16,17)10-4-3-8(6-18-10)11(22)19-12-20-21-13(25-12)24-7-9-2-1-5-23-9/h1-6H,7H2,(H,19,20,22). The van der Waals surface area contributed by atoms with Gasteiger partial charge in [-0.1, -0.05) is 29.2 Å². The number of pyridine rings is 1. The summed E-state index contributed by atoms with van der Waals surface area (Å²) >= 11 is 4.33. The predicted octanol–water partition coefficient (Wildman–Crippen LogP) is 4.56. The summed E-state index contributed by atoms with van der Waals surface area (Å²) in [6.07, 6.45) is -3.66. The summed E-state index contributed by atoms with van der Waals surface area (Å²) < 4.78 is 38.1. The maximum atomic E-state index is 12.5. The van der Waals surface area contributed by atoms with Gasteiger partial charge in [-0.05, 0) is 23.6 Å². The second-order valence-corrected chi connectivity index (χ2v) is 7.86. The lowest BCUT2D eigenvalue weighted by Gasteiger charge is -2.06. The Kier molecular flexibility index (Phi) is 5.35. The van der Waals surface area contributed by atoms with Crippen LogP contribution in [-0.2, 0) is 11.9 Å². The van der Waals surface area contributed by atoms with Crippen molar-refractivity contribution in [3.8, 4) is 0 Å². The molecule has 0 aliphatic carbocycles. The SMILES string of the molecule is O=C(Nc1nnc(SCc2cccs2)s1)c1ccc(C(F)(F)F)nc1. The molecule has 0 aromatic carbocycles. The minimum Gasteiger partial charge on any atom is -0.296 e. The van der Waals surface area contributed by atoms with Crippen LogP contribution >= 0.6 is 34.4 Å². The van der Waals surface area contributed by atoms with Gasteiger partial charge in [-0.25, -0.2) is 0 Å². The number of hydrogen-bond acceptors (Lipinski definition) is 7. The highest BCUT2D eigenvalue weighted by molar-refractivity contribution is 8.00. The smallest absolute Gasteiger partial charge is 0.296 e. The van der Waals surface area contributed by atoms with Gasteiger partial charge in [0.25, 0.3) is 5.91 Å². The van der Waals surface area contributed by atoms with Gasteiger partial charge in [0.1, 0.15) is 5.69 Å². The molecule has 1 amide bonds. The number of halogens is 3. The Balaban J connectivity index is 1.59. The van der Waals surface area contributed by atoms with E-state index in [9.17, 15) is 18.0 Å². The van der Waals surface area contributed by atoms with Crippen molar-refractivity contribution in [3.63, 3.8) is 0 Å². The van der Waals surface area contributed by atoms with Crippen LogP contribution in [0.25, 0.3) is 0 Å². The molecule has 0 aliphatic rings. The van der Waals surface area contributed by atoms with E-state index in [1.807, 2.05) is 17.5 Å². The number of thioether (sulfide) groups is 1. The van der Waals surface area contributed by atoms with Gasteiger partial charge in [0.2, 0.25) is 5.13 Å². The molecule has 0 atom stereocenters. The number of aromatic nitrogens is 3. The zero-order valence-corrected chi connectivity index (χ0v) is 14.7. The molecule has 3 aromatic heterocycles. The molecule has 11 heteroatoms. The molecule has 25 heavy (non-hydrogen) atoms. The molecule has 0 fully saturated rings. The van der Waals surface area contributed by atoms with Crippen molar-refractivity contribution in [2.75, 3.05) is 5.32 Å². The third-order valence-electron chi connectivity index (χ3n) is 2.86. The first-order valence-electron chi connectivity index (χ1n) is 6.75. The molecule has 3 heterocycles. The van der Waals surface area contributed by atoms with Gasteiger partial charge in [0.05, 0.1) is 5.56 Å². The number of nitrogens with one attached hydrogen (secondary N) is 1. The summed E-state index contributed by atoms with van der Waals surface area (Å²) in [6, 6.07) is 5.80. The lowest BCUT2D eigenvalue weighted by Crippen LogP contribution is -2.14. The van der Waals surface area contributed by atoms with E-state index in [0.717, 1.165) is 24.1 Å². The van der Waals surface area contributed by atoms with Crippen LogP contribution in [0.2, 0.25) is 0 Å². The van der Waals surface area contributed by atoms with Crippen LogP contribution in [0, 0.1) is 0 Å². The van der Waals surface area contributed by atoms with Crippen LogP contribution in [0.1, 0.15) is 20.9 Å². The highest BCUT2D eigenvalue weighted by Crippen LogP contribution is 2.30. The van der Waals surface area contributed by atoms with E-state index in [1.54, 1.807) is 11.3 Å². The number of alkyl halides is 3. The maximum Gasteiger partial charge on any atom is 0.433 e. The van der Waals surface area contributed by atoms with Crippen LogP contribution in [-0.4, -0.2) is 21.1 Å². The number of carbonyl (C=O) groups is 1. The molecule has 3 aromatic rings. The average molecular weight is 402 g/mol. The normalized spacial score (nSPS) is 11.5. The summed E-state index contributed by atoms with van der Waals surface area (Å²) in [7, 11) is 0. The minimum absolute atomic E-state index is 0.0102. The van der Waals surface area contributed by atoms with E-state index in [4.69, 9.17) is 0 Å². The molecule has 130 valence electrons. The van der Waals surface area contributed by atoms with Crippen molar-refractivity contribution in [2.24, 2.45) is 0 Å². The van der Waals surface area contributed by atoms with Gasteiger partial charge in [-0.3, -0.25) is 15.1 Å². The highest BCUT2D eigenvalue weighted by Gasteiger charge is 2.32. The Morgan fingerprint density at radius 2 is 2.08 bits per heavy atom. The molecule has 5 nitrogen and oxygen atoms in total. The van der Waals surface area contributed by atoms with Crippen molar-refractivity contribution in [1.82, 2.24) is 15.2 Å². The lowest BCUT2D eigenvalue weighted by atomic mass is 10.2. The number of hydrogen-bond donors (Lipinski definition) is 1. The van der Waals surface area contributed by atoms with Crippen molar-refractivity contribution in [2.45, 2.75) is 16.3 Å². The van der Waals surface area contributed by atoms with E-state index < -0.39 is 17.8 Å². The van der Waals surface area contributed by atoms with Crippen LogP contribution < -0.4 is 5.32 Å². The monoisotopic (exact) mass is 402 g/mol. The maximum absolute atomic E-state index is 12.5. The van der Waals surface area contributed by atoms with E-state index >= 15 is 0 Å². The number of rotatable bonds is 5. The Morgan fingerprint density at radius 1 is 1.24 bits per heavy atom. The minimum atomic E-state index is -4.54. The summed E-state index contributed by atoms with van der Waals surface area (Å²) in [5, 5.41) is 12.6. The first-order chi connectivity index (χ1) is 11.9. The Morgan fingerprint density at radius 3 is 2.72 bits per heavy atom. The molecule has 0 saturated heterocycles. The molecular weight excluding hydrogens is 393 g/mol. The fourth-order valence-electron chi connectivity index (χ4n) is 1.71. The molecule has 0 spiro atoms. The predicted molar refractivity (Wildman–Crippen MR) is 91.0 cm³/mol. The third-order valence-corrected chi connectivity index (χ3v) is 5.94. The molecular formula is C14H9F3N4OS3. The first kappa shape index (κ1) is 17.8. The van der Waals surface area contributed by atoms with Crippen molar-refractivity contribution in [1.29, 1.82) is 0 Å². The highest BCUT2D eigenvalue weighted by atomic mass is 32.2. The second-order valence-electron chi connectivity index (χ2n) is 4.63. The number of thiophene rings is 1. The molecule has 0 bridgehead atoms. The Labute approximate surface area is 152 Å². The van der Waals surface area contributed by atoms with Crippen molar-refractivity contribution in [3.05, 3.63) is 52.0 Å².